The molecule has 1 fully saturated rings. The Hall–Kier alpha value is -2.81. The molecule has 1 amide bonds. The van der Waals surface area contributed by atoms with Gasteiger partial charge < -0.3 is 5.32 Å². The van der Waals surface area contributed by atoms with Gasteiger partial charge in [-0.05, 0) is 44.0 Å². The van der Waals surface area contributed by atoms with Crippen LogP contribution in [0, 0.1) is 11.6 Å². The van der Waals surface area contributed by atoms with Crippen LogP contribution in [0.4, 0.5) is 14.5 Å². The van der Waals surface area contributed by atoms with Crippen molar-refractivity contribution < 1.29 is 13.6 Å². The van der Waals surface area contributed by atoms with E-state index in [0.29, 0.717) is 11.2 Å². The minimum absolute atomic E-state index is 0.0569. The zero-order valence-corrected chi connectivity index (χ0v) is 15.8. The average Bonchev–Trinajstić information content (AvgIpc) is 3.44. The molecule has 144 valence electrons. The van der Waals surface area contributed by atoms with E-state index in [1.54, 1.807) is 19.3 Å². The molecule has 0 bridgehead atoms. The van der Waals surface area contributed by atoms with E-state index in [2.05, 4.69) is 20.5 Å². The molecule has 1 aliphatic rings. The van der Waals surface area contributed by atoms with Gasteiger partial charge in [0.1, 0.15) is 11.6 Å². The summed E-state index contributed by atoms with van der Waals surface area (Å²) in [5.74, 6) is -1.19. The SMILES string of the molecule is C[C@@H](Sc1nnc(-c2cccnc2)n1C1CC1)C(=O)Nc1ccc(F)cc1F. The number of benzene rings is 1. The summed E-state index contributed by atoms with van der Waals surface area (Å²) in [6, 6.07) is 7.09. The van der Waals surface area contributed by atoms with Crippen molar-refractivity contribution in [3.63, 3.8) is 0 Å². The van der Waals surface area contributed by atoms with Gasteiger partial charge in [0.25, 0.3) is 0 Å². The molecule has 3 aromatic rings. The van der Waals surface area contributed by atoms with E-state index in [-0.39, 0.29) is 5.69 Å². The second kappa shape index (κ2) is 7.67. The number of nitrogens with one attached hydrogen (secondary N) is 1. The molecule has 1 aromatic carbocycles. The maximum absolute atomic E-state index is 13.8. The Balaban J connectivity index is 1.52. The second-order valence-electron chi connectivity index (χ2n) is 6.52. The summed E-state index contributed by atoms with van der Waals surface area (Å²) in [4.78, 5) is 16.6. The highest BCUT2D eigenvalue weighted by Gasteiger charge is 2.31. The predicted octanol–water partition coefficient (Wildman–Crippen LogP) is 4.07. The summed E-state index contributed by atoms with van der Waals surface area (Å²) < 4.78 is 28.8. The number of thioether (sulfide) groups is 1. The van der Waals surface area contributed by atoms with Gasteiger partial charge in [0.2, 0.25) is 5.91 Å². The molecule has 6 nitrogen and oxygen atoms in total. The molecule has 0 aliphatic heterocycles. The molecule has 1 saturated carbocycles. The largest absolute Gasteiger partial charge is 0.323 e. The Morgan fingerprint density at radius 3 is 2.79 bits per heavy atom. The van der Waals surface area contributed by atoms with E-state index in [1.807, 2.05) is 16.7 Å². The van der Waals surface area contributed by atoms with Crippen molar-refractivity contribution in [2.24, 2.45) is 0 Å². The van der Waals surface area contributed by atoms with Gasteiger partial charge in [0, 0.05) is 30.1 Å². The highest BCUT2D eigenvalue weighted by atomic mass is 32.2. The zero-order valence-electron chi connectivity index (χ0n) is 15.0. The standard InChI is InChI=1S/C19H17F2N5OS/c1-11(18(27)23-16-7-4-13(20)9-15(16)21)28-19-25-24-17(26(19)14-5-6-14)12-3-2-8-22-10-12/h2-4,7-11,14H,5-6H2,1H3,(H,23,27)/t11-/m1/s1. The molecule has 1 aliphatic carbocycles. The molecule has 9 heteroatoms. The first-order valence-corrected chi connectivity index (χ1v) is 9.69. The van der Waals surface area contributed by atoms with E-state index in [9.17, 15) is 13.6 Å². The minimum Gasteiger partial charge on any atom is -0.323 e. The molecule has 2 heterocycles. The van der Waals surface area contributed by atoms with E-state index in [4.69, 9.17) is 0 Å². The van der Waals surface area contributed by atoms with Crippen molar-refractivity contribution in [3.8, 4) is 11.4 Å². The predicted molar refractivity (Wildman–Crippen MR) is 102 cm³/mol. The molecule has 0 spiro atoms. The fraction of sp³-hybridized carbons (Fsp3) is 0.263. The molecule has 4 rings (SSSR count). The number of nitrogens with zero attached hydrogens (tertiary/aromatic N) is 4. The van der Waals surface area contributed by atoms with Crippen LogP contribution in [0.2, 0.25) is 0 Å². The molecular formula is C19H17F2N5OS. The number of hydrogen-bond acceptors (Lipinski definition) is 5. The number of pyridine rings is 1. The molecule has 0 saturated heterocycles. The molecule has 1 N–H and O–H groups in total. The number of halogens is 2. The summed E-state index contributed by atoms with van der Waals surface area (Å²) >= 11 is 1.25. The van der Waals surface area contributed by atoms with Gasteiger partial charge in [0.05, 0.1) is 10.9 Å². The lowest BCUT2D eigenvalue weighted by molar-refractivity contribution is -0.115. The first-order chi connectivity index (χ1) is 13.5. The van der Waals surface area contributed by atoms with E-state index in [1.165, 1.54) is 17.8 Å². The van der Waals surface area contributed by atoms with E-state index >= 15 is 0 Å². The third kappa shape index (κ3) is 3.89. The lowest BCUT2D eigenvalue weighted by atomic mass is 10.3. The molecule has 1 atom stereocenters. The number of hydrogen-bond donors (Lipinski definition) is 1. The first kappa shape index (κ1) is 18.5. The van der Waals surface area contributed by atoms with Crippen molar-refractivity contribution in [2.45, 2.75) is 36.2 Å². The number of carbonyl (C=O) groups excluding carboxylic acids is 1. The fourth-order valence-electron chi connectivity index (χ4n) is 2.75. The van der Waals surface area contributed by atoms with Gasteiger partial charge in [-0.3, -0.25) is 14.3 Å². The second-order valence-corrected chi connectivity index (χ2v) is 7.83. The third-order valence-electron chi connectivity index (χ3n) is 4.34. The summed E-state index contributed by atoms with van der Waals surface area (Å²) in [7, 11) is 0. The van der Waals surface area contributed by atoms with Gasteiger partial charge in [-0.15, -0.1) is 10.2 Å². The van der Waals surface area contributed by atoms with Crippen LogP contribution < -0.4 is 5.32 Å². The summed E-state index contributed by atoms with van der Waals surface area (Å²) in [6.07, 6.45) is 5.48. The Labute approximate surface area is 164 Å². The number of rotatable bonds is 6. The lowest BCUT2D eigenvalue weighted by Gasteiger charge is -2.13. The summed E-state index contributed by atoms with van der Waals surface area (Å²) in [6.45, 7) is 1.71. The highest BCUT2D eigenvalue weighted by molar-refractivity contribution is 8.00. The minimum atomic E-state index is -0.814. The molecule has 0 unspecified atom stereocenters. The normalized spacial score (nSPS) is 14.7. The van der Waals surface area contributed by atoms with Gasteiger partial charge in [-0.25, -0.2) is 8.78 Å². The quantitative estimate of drug-likeness (QED) is 0.631. The highest BCUT2D eigenvalue weighted by Crippen LogP contribution is 2.41. The van der Waals surface area contributed by atoms with Crippen LogP contribution in [0.15, 0.2) is 47.9 Å². The van der Waals surface area contributed by atoms with Crippen molar-refractivity contribution in [1.82, 2.24) is 19.7 Å². The Kier molecular flexibility index (Phi) is 5.08. The van der Waals surface area contributed by atoms with Crippen molar-refractivity contribution in [1.29, 1.82) is 0 Å². The van der Waals surface area contributed by atoms with Crippen molar-refractivity contribution >= 4 is 23.4 Å². The molecule has 0 radical (unpaired) electrons. The van der Waals surface area contributed by atoms with Crippen LogP contribution in [0.25, 0.3) is 11.4 Å². The number of aromatic nitrogens is 4. The van der Waals surface area contributed by atoms with Gasteiger partial charge in [-0.2, -0.15) is 0 Å². The zero-order chi connectivity index (χ0) is 19.7. The maximum Gasteiger partial charge on any atom is 0.237 e. The van der Waals surface area contributed by atoms with Gasteiger partial charge >= 0.3 is 0 Å². The fourth-order valence-corrected chi connectivity index (χ4v) is 3.67. The Bertz CT molecular complexity index is 1010. The van der Waals surface area contributed by atoms with Crippen LogP contribution in [-0.2, 0) is 4.79 Å². The third-order valence-corrected chi connectivity index (χ3v) is 5.39. The first-order valence-electron chi connectivity index (χ1n) is 8.81. The van der Waals surface area contributed by atoms with Crippen LogP contribution in [-0.4, -0.2) is 30.9 Å². The lowest BCUT2D eigenvalue weighted by Crippen LogP contribution is -2.23. The number of anilines is 1. The molecule has 28 heavy (non-hydrogen) atoms. The average molecular weight is 401 g/mol. The number of amides is 1. The molecule has 2 aromatic heterocycles. The monoisotopic (exact) mass is 401 g/mol. The van der Waals surface area contributed by atoms with Crippen LogP contribution in [0.3, 0.4) is 0 Å². The number of carbonyl (C=O) groups is 1. The Morgan fingerprint density at radius 1 is 1.29 bits per heavy atom. The van der Waals surface area contributed by atoms with Crippen LogP contribution >= 0.6 is 11.8 Å². The molecular weight excluding hydrogens is 384 g/mol. The van der Waals surface area contributed by atoms with E-state index in [0.717, 1.165) is 36.4 Å². The summed E-state index contributed by atoms with van der Waals surface area (Å²) in [5.41, 5.74) is 0.804. The van der Waals surface area contributed by atoms with Crippen molar-refractivity contribution in [2.75, 3.05) is 5.32 Å². The Morgan fingerprint density at radius 2 is 2.11 bits per heavy atom. The maximum atomic E-state index is 13.8. The van der Waals surface area contributed by atoms with Crippen LogP contribution in [0.5, 0.6) is 0 Å². The van der Waals surface area contributed by atoms with Crippen LogP contribution in [0.1, 0.15) is 25.8 Å². The smallest absolute Gasteiger partial charge is 0.237 e. The van der Waals surface area contributed by atoms with E-state index < -0.39 is 22.8 Å². The van der Waals surface area contributed by atoms with Crippen molar-refractivity contribution in [3.05, 3.63) is 54.4 Å². The summed E-state index contributed by atoms with van der Waals surface area (Å²) in [5, 5.41) is 11.1. The van der Waals surface area contributed by atoms with Gasteiger partial charge in [0.15, 0.2) is 11.0 Å². The topological polar surface area (TPSA) is 72.7 Å². The van der Waals surface area contributed by atoms with Gasteiger partial charge in [-0.1, -0.05) is 11.8 Å².